The first-order valence-electron chi connectivity index (χ1n) is 4.88. The largest absolute Gasteiger partial charge is 0.201 e. The van der Waals surface area contributed by atoms with Crippen molar-refractivity contribution in [3.8, 4) is 5.69 Å². The average molecular weight is 295 g/mol. The third-order valence-electron chi connectivity index (χ3n) is 2.32. The molecule has 0 amide bonds. The first kappa shape index (κ1) is 13.8. The number of halogens is 5. The number of rotatable bonds is 2. The highest BCUT2D eigenvalue weighted by Gasteiger charge is 2.28. The van der Waals surface area contributed by atoms with Crippen molar-refractivity contribution in [1.82, 2.24) is 15.0 Å². The average Bonchev–Trinajstić information content (AvgIpc) is 2.75. The van der Waals surface area contributed by atoms with Gasteiger partial charge in [0.05, 0.1) is 5.69 Å². The number of thioether (sulfide) groups is 1. The van der Waals surface area contributed by atoms with Crippen molar-refractivity contribution in [2.75, 3.05) is 6.26 Å². The molecular weight excluding hydrogens is 289 g/mol. The highest BCUT2D eigenvalue weighted by Crippen LogP contribution is 2.26. The summed E-state index contributed by atoms with van der Waals surface area (Å²) in [5.41, 5.74) is -0.878. The standard InChI is InChI=1S/C10H6F5N3S/c1-3-10(19-2)17-18(16-3)9-7(14)5(12)4(11)6(13)8(9)15/h1-2H3. The van der Waals surface area contributed by atoms with Crippen molar-refractivity contribution < 1.29 is 22.0 Å². The molecule has 0 N–H and O–H groups in total. The lowest BCUT2D eigenvalue weighted by Crippen LogP contribution is -2.11. The molecule has 2 aromatic rings. The van der Waals surface area contributed by atoms with E-state index >= 15 is 0 Å². The maximum absolute atomic E-state index is 13.5. The van der Waals surface area contributed by atoms with Gasteiger partial charge in [0.2, 0.25) is 5.82 Å². The molecular formula is C10H6F5N3S. The van der Waals surface area contributed by atoms with Crippen LogP contribution in [0.1, 0.15) is 5.69 Å². The summed E-state index contributed by atoms with van der Waals surface area (Å²) in [4.78, 5) is 0.400. The molecule has 9 heteroatoms. The third kappa shape index (κ3) is 2.07. The number of hydrogen-bond acceptors (Lipinski definition) is 3. The highest BCUT2D eigenvalue weighted by atomic mass is 32.2. The van der Waals surface area contributed by atoms with Crippen LogP contribution in [-0.4, -0.2) is 21.2 Å². The Labute approximate surface area is 108 Å². The van der Waals surface area contributed by atoms with Crippen LogP contribution in [0.25, 0.3) is 5.69 Å². The van der Waals surface area contributed by atoms with E-state index in [1.165, 1.54) is 6.92 Å². The van der Waals surface area contributed by atoms with E-state index in [0.717, 1.165) is 11.8 Å². The van der Waals surface area contributed by atoms with Crippen LogP contribution in [0.5, 0.6) is 0 Å². The molecule has 1 aromatic carbocycles. The van der Waals surface area contributed by atoms with E-state index in [9.17, 15) is 22.0 Å². The van der Waals surface area contributed by atoms with Gasteiger partial charge in [0, 0.05) is 0 Å². The highest BCUT2D eigenvalue weighted by molar-refractivity contribution is 7.98. The second-order valence-corrected chi connectivity index (χ2v) is 4.30. The molecule has 102 valence electrons. The maximum atomic E-state index is 13.5. The van der Waals surface area contributed by atoms with E-state index in [2.05, 4.69) is 10.2 Å². The molecule has 0 aliphatic heterocycles. The van der Waals surface area contributed by atoms with E-state index in [0.29, 0.717) is 15.5 Å². The van der Waals surface area contributed by atoms with E-state index in [4.69, 9.17) is 0 Å². The molecule has 0 aliphatic rings. The van der Waals surface area contributed by atoms with Crippen LogP contribution >= 0.6 is 11.8 Å². The fourth-order valence-electron chi connectivity index (χ4n) is 1.42. The molecule has 1 aromatic heterocycles. The molecule has 0 atom stereocenters. The third-order valence-corrected chi connectivity index (χ3v) is 3.08. The summed E-state index contributed by atoms with van der Waals surface area (Å²) in [5, 5.41) is 7.62. The Hall–Kier alpha value is -1.64. The van der Waals surface area contributed by atoms with Gasteiger partial charge in [-0.05, 0) is 13.2 Å². The van der Waals surface area contributed by atoms with Crippen LogP contribution in [0.2, 0.25) is 0 Å². The van der Waals surface area contributed by atoms with Gasteiger partial charge in [0.15, 0.2) is 29.0 Å². The summed E-state index contributed by atoms with van der Waals surface area (Å²) in [6.45, 7) is 1.50. The van der Waals surface area contributed by atoms with E-state index in [1.54, 1.807) is 6.26 Å². The molecule has 0 unspecified atom stereocenters. The lowest BCUT2D eigenvalue weighted by molar-refractivity contribution is 0.371. The number of benzene rings is 1. The summed E-state index contributed by atoms with van der Waals surface area (Å²) >= 11 is 1.13. The first-order chi connectivity index (χ1) is 8.88. The van der Waals surface area contributed by atoms with Gasteiger partial charge in [0.25, 0.3) is 0 Å². The Bertz CT molecular complexity index is 626. The molecule has 0 radical (unpaired) electrons. The van der Waals surface area contributed by atoms with Crippen LogP contribution in [0.3, 0.4) is 0 Å². The Balaban J connectivity index is 2.75. The first-order valence-corrected chi connectivity index (χ1v) is 6.10. The normalized spacial score (nSPS) is 11.1. The van der Waals surface area contributed by atoms with Gasteiger partial charge in [-0.15, -0.1) is 21.7 Å². The molecule has 0 spiro atoms. The van der Waals surface area contributed by atoms with Crippen molar-refractivity contribution in [3.63, 3.8) is 0 Å². The zero-order chi connectivity index (χ0) is 14.3. The maximum Gasteiger partial charge on any atom is 0.200 e. The molecule has 3 nitrogen and oxygen atoms in total. The predicted molar refractivity (Wildman–Crippen MR) is 57.7 cm³/mol. The monoisotopic (exact) mass is 295 g/mol. The lowest BCUT2D eigenvalue weighted by Gasteiger charge is -2.06. The van der Waals surface area contributed by atoms with Gasteiger partial charge in [-0.3, -0.25) is 0 Å². The smallest absolute Gasteiger partial charge is 0.200 e. The summed E-state index contributed by atoms with van der Waals surface area (Å²) in [7, 11) is 0. The summed E-state index contributed by atoms with van der Waals surface area (Å²) in [6.07, 6.45) is 1.64. The fourth-order valence-corrected chi connectivity index (χ4v) is 1.92. The van der Waals surface area contributed by atoms with Gasteiger partial charge < -0.3 is 0 Å². The van der Waals surface area contributed by atoms with Crippen LogP contribution in [0.15, 0.2) is 5.03 Å². The summed E-state index contributed by atoms with van der Waals surface area (Å²) in [6, 6.07) is 0. The van der Waals surface area contributed by atoms with Crippen molar-refractivity contribution in [2.45, 2.75) is 11.9 Å². The minimum absolute atomic E-state index is 0.316. The van der Waals surface area contributed by atoms with Crippen LogP contribution in [0.4, 0.5) is 22.0 Å². The molecule has 0 saturated heterocycles. The number of hydrogen-bond donors (Lipinski definition) is 0. The Morgan fingerprint density at radius 3 is 1.74 bits per heavy atom. The minimum Gasteiger partial charge on any atom is -0.201 e. The minimum atomic E-state index is -2.22. The zero-order valence-electron chi connectivity index (χ0n) is 9.64. The topological polar surface area (TPSA) is 30.7 Å². The molecule has 0 saturated carbocycles. The van der Waals surface area contributed by atoms with Gasteiger partial charge in [0.1, 0.15) is 5.03 Å². The molecule has 19 heavy (non-hydrogen) atoms. The van der Waals surface area contributed by atoms with Crippen molar-refractivity contribution in [1.29, 1.82) is 0 Å². The molecule has 2 rings (SSSR count). The van der Waals surface area contributed by atoms with E-state index in [1.807, 2.05) is 0 Å². The zero-order valence-corrected chi connectivity index (χ0v) is 10.5. The van der Waals surface area contributed by atoms with Gasteiger partial charge in [-0.1, -0.05) is 0 Å². The van der Waals surface area contributed by atoms with Crippen molar-refractivity contribution in [2.24, 2.45) is 0 Å². The van der Waals surface area contributed by atoms with Crippen molar-refractivity contribution >= 4 is 11.8 Å². The summed E-state index contributed by atoms with van der Waals surface area (Å²) < 4.78 is 66.0. The second kappa shape index (κ2) is 4.80. The fraction of sp³-hybridized carbons (Fsp3) is 0.200. The number of nitrogens with zero attached hydrogens (tertiary/aromatic N) is 3. The van der Waals surface area contributed by atoms with Crippen LogP contribution < -0.4 is 0 Å². The van der Waals surface area contributed by atoms with Crippen molar-refractivity contribution in [3.05, 3.63) is 34.8 Å². The predicted octanol–water partition coefficient (Wildman–Crippen LogP) is 2.99. The van der Waals surface area contributed by atoms with Crippen LogP contribution in [-0.2, 0) is 0 Å². The van der Waals surface area contributed by atoms with E-state index < -0.39 is 34.8 Å². The van der Waals surface area contributed by atoms with Gasteiger partial charge in [-0.2, -0.15) is 5.10 Å². The Morgan fingerprint density at radius 1 is 0.842 bits per heavy atom. The van der Waals surface area contributed by atoms with Gasteiger partial charge in [-0.25, -0.2) is 22.0 Å². The Kier molecular flexibility index (Phi) is 3.48. The molecule has 1 heterocycles. The molecule has 0 fully saturated rings. The molecule has 0 bridgehead atoms. The summed E-state index contributed by atoms with van der Waals surface area (Å²) in [5.74, 6) is -10.2. The lowest BCUT2D eigenvalue weighted by atomic mass is 10.2. The molecule has 0 aliphatic carbocycles. The number of aryl methyl sites for hydroxylation is 1. The Morgan fingerprint density at radius 2 is 1.32 bits per heavy atom. The SMILES string of the molecule is CSc1nn(-c2c(F)c(F)c(F)c(F)c2F)nc1C. The quantitative estimate of drug-likeness (QED) is 0.369. The number of aromatic nitrogens is 3. The van der Waals surface area contributed by atoms with E-state index in [-0.39, 0.29) is 0 Å². The van der Waals surface area contributed by atoms with Gasteiger partial charge >= 0.3 is 0 Å². The second-order valence-electron chi connectivity index (χ2n) is 3.50. The van der Waals surface area contributed by atoms with Crippen LogP contribution in [0, 0.1) is 36.0 Å².